The molecule has 0 amide bonds. The van der Waals surface area contributed by atoms with Crippen LogP contribution in [-0.2, 0) is 0 Å². The Hall–Kier alpha value is -2.95. The fourth-order valence-corrected chi connectivity index (χ4v) is 3.03. The third kappa shape index (κ3) is 3.18. The van der Waals surface area contributed by atoms with Gasteiger partial charge in [0, 0.05) is 13.6 Å². The van der Waals surface area contributed by atoms with E-state index in [2.05, 4.69) is 27.0 Å². The molecule has 0 N–H and O–H groups in total. The lowest BCUT2D eigenvalue weighted by Gasteiger charge is -2.15. The molecule has 1 aliphatic rings. The average Bonchev–Trinajstić information content (AvgIpc) is 3.01. The van der Waals surface area contributed by atoms with E-state index in [4.69, 9.17) is 9.73 Å². The average molecular weight is 332 g/mol. The van der Waals surface area contributed by atoms with E-state index in [9.17, 15) is 0 Å². The van der Waals surface area contributed by atoms with Gasteiger partial charge < -0.3 is 9.64 Å². The van der Waals surface area contributed by atoms with E-state index in [1.807, 2.05) is 56.4 Å². The van der Waals surface area contributed by atoms with E-state index in [1.165, 1.54) is 5.56 Å². The molecule has 0 bridgehead atoms. The molecule has 0 fully saturated rings. The zero-order chi connectivity index (χ0) is 17.2. The third-order valence-corrected chi connectivity index (χ3v) is 4.42. The first-order valence-electron chi connectivity index (χ1n) is 8.39. The number of aliphatic imine (C=N–C) groups is 1. The lowest BCUT2D eigenvalue weighted by Crippen LogP contribution is -2.28. The molecule has 3 aromatic rings. The van der Waals surface area contributed by atoms with Crippen molar-refractivity contribution in [3.63, 3.8) is 0 Å². The van der Waals surface area contributed by atoms with Gasteiger partial charge in [0.25, 0.3) is 0 Å². The van der Waals surface area contributed by atoms with Crippen molar-refractivity contribution in [1.82, 2.24) is 14.9 Å². The van der Waals surface area contributed by atoms with Gasteiger partial charge in [-0.2, -0.15) is 0 Å². The highest BCUT2D eigenvalue weighted by Crippen LogP contribution is 2.24. The molecule has 0 radical (unpaired) electrons. The number of aromatic nitrogens is 2. The highest BCUT2D eigenvalue weighted by atomic mass is 16.5. The summed E-state index contributed by atoms with van der Waals surface area (Å²) in [6.45, 7) is 3.18. The minimum absolute atomic E-state index is 0.161. The fraction of sp³-hybridized carbons (Fsp3) is 0.250. The Morgan fingerprint density at radius 1 is 1.00 bits per heavy atom. The molecule has 0 saturated heterocycles. The first-order chi connectivity index (χ1) is 12.2. The minimum Gasteiger partial charge on any atom is -0.468 e. The number of para-hydroxylation sites is 2. The van der Waals surface area contributed by atoms with Crippen molar-refractivity contribution in [3.05, 3.63) is 65.9 Å². The molecular formula is C20H20N4O. The maximum absolute atomic E-state index is 5.94. The van der Waals surface area contributed by atoms with Crippen LogP contribution in [0.4, 0.5) is 0 Å². The number of hydrogen-bond acceptors (Lipinski definition) is 5. The Labute approximate surface area is 147 Å². The van der Waals surface area contributed by atoms with Crippen LogP contribution in [0.1, 0.15) is 17.3 Å². The zero-order valence-electron chi connectivity index (χ0n) is 14.4. The van der Waals surface area contributed by atoms with Gasteiger partial charge in [0.1, 0.15) is 18.1 Å². The van der Waals surface area contributed by atoms with Gasteiger partial charge in [-0.3, -0.25) is 4.99 Å². The number of likely N-dealkylation sites (N-methyl/N-ethyl adjacent to an activating group) is 1. The standard InChI is InChI=1S/C20H20N4O/c1-14-20(23-17-11-7-6-10-16(17)21-14)25-13-19-22-18(12-24(19)2)15-8-4-3-5-9-15/h3-11,18H,12-13H2,1-2H3. The SMILES string of the molecule is Cc1nc2ccccc2nc1OCC1=NC(c2ccccc2)CN1C. The van der Waals surface area contributed by atoms with Gasteiger partial charge in [0.15, 0.2) is 0 Å². The van der Waals surface area contributed by atoms with Gasteiger partial charge in [-0.1, -0.05) is 42.5 Å². The Balaban J connectivity index is 1.52. The van der Waals surface area contributed by atoms with Crippen molar-refractivity contribution in [2.24, 2.45) is 4.99 Å². The summed E-state index contributed by atoms with van der Waals surface area (Å²) >= 11 is 0. The molecule has 4 rings (SSSR count). The lowest BCUT2D eigenvalue weighted by atomic mass is 10.1. The maximum Gasteiger partial charge on any atom is 0.236 e. The zero-order valence-corrected chi connectivity index (χ0v) is 14.4. The van der Waals surface area contributed by atoms with E-state index < -0.39 is 0 Å². The molecule has 0 aliphatic carbocycles. The molecule has 1 atom stereocenters. The van der Waals surface area contributed by atoms with E-state index >= 15 is 0 Å². The molecular weight excluding hydrogens is 312 g/mol. The van der Waals surface area contributed by atoms with Gasteiger partial charge >= 0.3 is 0 Å². The van der Waals surface area contributed by atoms with Crippen LogP contribution < -0.4 is 4.74 Å². The van der Waals surface area contributed by atoms with Crippen LogP contribution in [-0.4, -0.2) is 40.9 Å². The van der Waals surface area contributed by atoms with E-state index in [0.717, 1.165) is 29.1 Å². The van der Waals surface area contributed by atoms with Gasteiger partial charge in [-0.25, -0.2) is 9.97 Å². The summed E-state index contributed by atoms with van der Waals surface area (Å²) in [6.07, 6.45) is 0. The third-order valence-electron chi connectivity index (χ3n) is 4.42. The Bertz CT molecular complexity index is 923. The first kappa shape index (κ1) is 15.6. The number of rotatable bonds is 4. The smallest absolute Gasteiger partial charge is 0.236 e. The number of ether oxygens (including phenoxy) is 1. The van der Waals surface area contributed by atoms with Crippen LogP contribution >= 0.6 is 0 Å². The Kier molecular flexibility index (Phi) is 4.06. The molecule has 2 heterocycles. The van der Waals surface area contributed by atoms with Crippen LogP contribution in [0.5, 0.6) is 5.88 Å². The van der Waals surface area contributed by atoms with Gasteiger partial charge in [-0.15, -0.1) is 0 Å². The molecule has 126 valence electrons. The molecule has 1 aliphatic heterocycles. The fourth-order valence-electron chi connectivity index (χ4n) is 3.03. The number of benzene rings is 2. The molecule has 5 heteroatoms. The van der Waals surface area contributed by atoms with Crippen molar-refractivity contribution in [2.75, 3.05) is 20.2 Å². The predicted molar refractivity (Wildman–Crippen MR) is 99.0 cm³/mol. The second-order valence-electron chi connectivity index (χ2n) is 6.24. The summed E-state index contributed by atoms with van der Waals surface area (Å²) in [5, 5.41) is 0. The molecule has 25 heavy (non-hydrogen) atoms. The van der Waals surface area contributed by atoms with E-state index in [1.54, 1.807) is 0 Å². The van der Waals surface area contributed by atoms with Crippen LogP contribution in [0.15, 0.2) is 59.6 Å². The highest BCUT2D eigenvalue weighted by Gasteiger charge is 2.24. The van der Waals surface area contributed by atoms with Crippen molar-refractivity contribution < 1.29 is 4.74 Å². The van der Waals surface area contributed by atoms with Crippen molar-refractivity contribution in [2.45, 2.75) is 13.0 Å². The van der Waals surface area contributed by atoms with Gasteiger partial charge in [0.05, 0.1) is 17.1 Å². The van der Waals surface area contributed by atoms with E-state index in [-0.39, 0.29) is 6.04 Å². The molecule has 0 spiro atoms. The van der Waals surface area contributed by atoms with Crippen molar-refractivity contribution >= 4 is 16.9 Å². The van der Waals surface area contributed by atoms with Crippen LogP contribution in [0.25, 0.3) is 11.0 Å². The lowest BCUT2D eigenvalue weighted by molar-refractivity contribution is 0.342. The Morgan fingerprint density at radius 3 is 2.44 bits per heavy atom. The van der Waals surface area contributed by atoms with Gasteiger partial charge in [-0.05, 0) is 24.6 Å². The second-order valence-corrected chi connectivity index (χ2v) is 6.24. The number of nitrogens with zero attached hydrogens (tertiary/aromatic N) is 4. The highest BCUT2D eigenvalue weighted by molar-refractivity contribution is 5.85. The first-order valence-corrected chi connectivity index (χ1v) is 8.39. The summed E-state index contributed by atoms with van der Waals surface area (Å²) in [5.74, 6) is 1.50. The summed E-state index contributed by atoms with van der Waals surface area (Å²) in [4.78, 5) is 16.1. The molecule has 2 aromatic carbocycles. The summed E-state index contributed by atoms with van der Waals surface area (Å²) in [5.41, 5.74) is 3.74. The van der Waals surface area contributed by atoms with E-state index in [0.29, 0.717) is 12.5 Å². The normalized spacial score (nSPS) is 17.0. The quantitative estimate of drug-likeness (QED) is 0.735. The number of hydrogen-bond donors (Lipinski definition) is 0. The minimum atomic E-state index is 0.161. The maximum atomic E-state index is 5.94. The summed E-state index contributed by atoms with van der Waals surface area (Å²) < 4.78 is 5.94. The number of amidine groups is 1. The van der Waals surface area contributed by atoms with Crippen LogP contribution in [0, 0.1) is 6.92 Å². The summed E-state index contributed by atoms with van der Waals surface area (Å²) in [6, 6.07) is 18.3. The van der Waals surface area contributed by atoms with Crippen LogP contribution in [0.3, 0.4) is 0 Å². The van der Waals surface area contributed by atoms with Gasteiger partial charge in [0.2, 0.25) is 5.88 Å². The molecule has 0 saturated carbocycles. The monoisotopic (exact) mass is 332 g/mol. The molecule has 1 aromatic heterocycles. The molecule has 5 nitrogen and oxygen atoms in total. The predicted octanol–water partition coefficient (Wildman–Crippen LogP) is 3.40. The topological polar surface area (TPSA) is 50.6 Å². The molecule has 1 unspecified atom stereocenters. The Morgan fingerprint density at radius 2 is 1.68 bits per heavy atom. The number of fused-ring (bicyclic) bond motifs is 1. The second kappa shape index (κ2) is 6.51. The summed E-state index contributed by atoms with van der Waals surface area (Å²) in [7, 11) is 2.05. The van der Waals surface area contributed by atoms with Crippen LogP contribution in [0.2, 0.25) is 0 Å². The largest absolute Gasteiger partial charge is 0.468 e. The van der Waals surface area contributed by atoms with Crippen molar-refractivity contribution in [1.29, 1.82) is 0 Å². The van der Waals surface area contributed by atoms with Crippen molar-refractivity contribution in [3.8, 4) is 5.88 Å². The number of aryl methyl sites for hydroxylation is 1.